The molecule has 1 aromatic rings. The van der Waals surface area contributed by atoms with E-state index in [1.807, 2.05) is 4.68 Å². The molecule has 0 radical (unpaired) electrons. The number of allylic oxidation sites excluding steroid dienone is 1. The first-order chi connectivity index (χ1) is 9.69. The zero-order chi connectivity index (χ0) is 14.4. The Bertz CT molecular complexity index is 435. The van der Waals surface area contributed by atoms with Crippen LogP contribution in [0.1, 0.15) is 51.8 Å². The second-order valence-corrected chi connectivity index (χ2v) is 6.13. The minimum atomic E-state index is 0.245. The maximum Gasteiger partial charge on any atom is 0.138 e. The van der Waals surface area contributed by atoms with E-state index in [9.17, 15) is 0 Å². The van der Waals surface area contributed by atoms with E-state index in [0.29, 0.717) is 5.92 Å². The molecule has 0 saturated heterocycles. The van der Waals surface area contributed by atoms with Crippen molar-refractivity contribution in [1.29, 1.82) is 0 Å². The van der Waals surface area contributed by atoms with Gasteiger partial charge in [0.15, 0.2) is 0 Å². The van der Waals surface area contributed by atoms with E-state index in [0.717, 1.165) is 25.2 Å². The maximum atomic E-state index is 5.72. The van der Waals surface area contributed by atoms with Gasteiger partial charge in [0.1, 0.15) is 12.2 Å². The van der Waals surface area contributed by atoms with Crippen LogP contribution in [-0.2, 0) is 13.0 Å². The summed E-state index contributed by atoms with van der Waals surface area (Å²) in [7, 11) is 0. The zero-order valence-electron chi connectivity index (χ0n) is 12.7. The number of aromatic nitrogens is 3. The van der Waals surface area contributed by atoms with Gasteiger partial charge in [-0.3, -0.25) is 11.3 Å². The fraction of sp³-hybridized carbons (Fsp3) is 0.733. The van der Waals surface area contributed by atoms with Gasteiger partial charge in [-0.15, -0.1) is 0 Å². The minimum absolute atomic E-state index is 0.245. The number of rotatable bonds is 7. The second-order valence-electron chi connectivity index (χ2n) is 6.13. The van der Waals surface area contributed by atoms with Crippen LogP contribution in [0.4, 0.5) is 0 Å². The molecule has 5 heteroatoms. The summed E-state index contributed by atoms with van der Waals surface area (Å²) >= 11 is 0. The van der Waals surface area contributed by atoms with Crippen molar-refractivity contribution in [3.05, 3.63) is 23.8 Å². The number of nitrogens with zero attached hydrogens (tertiary/aromatic N) is 3. The van der Waals surface area contributed by atoms with Gasteiger partial charge < -0.3 is 0 Å². The lowest BCUT2D eigenvalue weighted by molar-refractivity contribution is 0.438. The summed E-state index contributed by atoms with van der Waals surface area (Å²) < 4.78 is 2.00. The van der Waals surface area contributed by atoms with Gasteiger partial charge in [0.25, 0.3) is 0 Å². The topological polar surface area (TPSA) is 68.8 Å². The zero-order valence-corrected chi connectivity index (χ0v) is 12.7. The van der Waals surface area contributed by atoms with E-state index in [4.69, 9.17) is 5.84 Å². The Balaban J connectivity index is 1.95. The molecule has 0 spiro atoms. The van der Waals surface area contributed by atoms with Crippen LogP contribution in [-0.4, -0.2) is 20.8 Å². The third-order valence-electron chi connectivity index (χ3n) is 3.79. The highest BCUT2D eigenvalue weighted by atomic mass is 15.3. The van der Waals surface area contributed by atoms with Gasteiger partial charge in [0, 0.05) is 19.0 Å². The number of nitrogens with two attached hydrogens (primary N) is 1. The van der Waals surface area contributed by atoms with Crippen molar-refractivity contribution >= 4 is 0 Å². The first kappa shape index (κ1) is 15.2. The Morgan fingerprint density at radius 1 is 1.35 bits per heavy atom. The highest BCUT2D eigenvalue weighted by Gasteiger charge is 2.16. The average molecular weight is 277 g/mol. The van der Waals surface area contributed by atoms with Gasteiger partial charge in [0.05, 0.1) is 0 Å². The molecule has 2 rings (SSSR count). The van der Waals surface area contributed by atoms with Crippen LogP contribution < -0.4 is 11.3 Å². The van der Waals surface area contributed by atoms with Crippen molar-refractivity contribution in [1.82, 2.24) is 20.2 Å². The molecule has 0 bridgehead atoms. The number of hydrazine groups is 1. The summed E-state index contributed by atoms with van der Waals surface area (Å²) in [6, 6.07) is 0.245. The van der Waals surface area contributed by atoms with Crippen molar-refractivity contribution in [3.8, 4) is 0 Å². The van der Waals surface area contributed by atoms with E-state index in [2.05, 4.69) is 35.4 Å². The van der Waals surface area contributed by atoms with Gasteiger partial charge in [-0.2, -0.15) is 5.10 Å². The summed E-state index contributed by atoms with van der Waals surface area (Å²) in [6.07, 6.45) is 11.0. The van der Waals surface area contributed by atoms with E-state index in [1.54, 1.807) is 6.33 Å². The van der Waals surface area contributed by atoms with E-state index >= 15 is 0 Å². The molecule has 3 N–H and O–H groups in total. The molecule has 0 fully saturated rings. The summed E-state index contributed by atoms with van der Waals surface area (Å²) in [4.78, 5) is 4.39. The Kier molecular flexibility index (Phi) is 5.73. The van der Waals surface area contributed by atoms with Crippen LogP contribution in [0.2, 0.25) is 0 Å². The third-order valence-corrected chi connectivity index (χ3v) is 3.79. The van der Waals surface area contributed by atoms with Crippen molar-refractivity contribution in [2.75, 3.05) is 0 Å². The number of hydrogen-bond acceptors (Lipinski definition) is 4. The SMILES string of the molecule is CC(C)Cn1ncnc1CC(CC1=CCCCC1)NN. The van der Waals surface area contributed by atoms with E-state index < -0.39 is 0 Å². The molecule has 1 aromatic heterocycles. The third kappa shape index (κ3) is 4.42. The largest absolute Gasteiger partial charge is 0.271 e. The van der Waals surface area contributed by atoms with Crippen LogP contribution in [0, 0.1) is 5.92 Å². The Morgan fingerprint density at radius 3 is 2.85 bits per heavy atom. The van der Waals surface area contributed by atoms with E-state index in [-0.39, 0.29) is 6.04 Å². The number of nitrogens with one attached hydrogen (secondary N) is 1. The lowest BCUT2D eigenvalue weighted by Crippen LogP contribution is -2.38. The van der Waals surface area contributed by atoms with Crippen LogP contribution in [0.5, 0.6) is 0 Å². The first-order valence-corrected chi connectivity index (χ1v) is 7.69. The molecular formula is C15H27N5. The lowest BCUT2D eigenvalue weighted by atomic mass is 9.93. The molecule has 1 atom stereocenters. The smallest absolute Gasteiger partial charge is 0.138 e. The van der Waals surface area contributed by atoms with Crippen LogP contribution in [0.25, 0.3) is 0 Å². The van der Waals surface area contributed by atoms with Crippen LogP contribution in [0.3, 0.4) is 0 Å². The number of hydrogen-bond donors (Lipinski definition) is 2. The van der Waals surface area contributed by atoms with Crippen LogP contribution >= 0.6 is 0 Å². The van der Waals surface area contributed by atoms with Gasteiger partial charge in [-0.1, -0.05) is 25.5 Å². The Labute approximate surface area is 121 Å². The molecule has 20 heavy (non-hydrogen) atoms. The Morgan fingerprint density at radius 2 is 2.20 bits per heavy atom. The molecule has 112 valence electrons. The highest BCUT2D eigenvalue weighted by molar-refractivity contribution is 5.08. The molecule has 0 amide bonds. The van der Waals surface area contributed by atoms with E-state index in [1.165, 1.54) is 31.3 Å². The van der Waals surface area contributed by atoms with Gasteiger partial charge in [0.2, 0.25) is 0 Å². The predicted molar refractivity (Wildman–Crippen MR) is 80.8 cm³/mol. The molecule has 1 unspecified atom stereocenters. The van der Waals surface area contributed by atoms with Crippen LogP contribution in [0.15, 0.2) is 18.0 Å². The molecule has 1 heterocycles. The average Bonchev–Trinajstić information content (AvgIpc) is 2.85. The molecule has 0 aromatic carbocycles. The quantitative estimate of drug-likeness (QED) is 0.455. The fourth-order valence-corrected chi connectivity index (χ4v) is 2.76. The fourth-order valence-electron chi connectivity index (χ4n) is 2.76. The maximum absolute atomic E-state index is 5.72. The van der Waals surface area contributed by atoms with Crippen molar-refractivity contribution in [2.45, 2.75) is 65.0 Å². The van der Waals surface area contributed by atoms with Crippen molar-refractivity contribution in [2.24, 2.45) is 11.8 Å². The summed E-state index contributed by atoms with van der Waals surface area (Å²) in [5, 5.41) is 4.31. The van der Waals surface area contributed by atoms with Crippen molar-refractivity contribution in [3.63, 3.8) is 0 Å². The summed E-state index contributed by atoms with van der Waals surface area (Å²) in [5.41, 5.74) is 4.48. The lowest BCUT2D eigenvalue weighted by Gasteiger charge is -2.20. The molecule has 1 aliphatic carbocycles. The highest BCUT2D eigenvalue weighted by Crippen LogP contribution is 2.22. The normalized spacial score (nSPS) is 17.3. The monoisotopic (exact) mass is 277 g/mol. The van der Waals surface area contributed by atoms with Gasteiger partial charge in [-0.05, 0) is 38.0 Å². The molecular weight excluding hydrogens is 250 g/mol. The molecule has 5 nitrogen and oxygen atoms in total. The summed E-state index contributed by atoms with van der Waals surface area (Å²) in [6.45, 7) is 5.29. The molecule has 0 saturated carbocycles. The Hall–Kier alpha value is -1.20. The van der Waals surface area contributed by atoms with Crippen molar-refractivity contribution < 1.29 is 0 Å². The first-order valence-electron chi connectivity index (χ1n) is 7.69. The molecule has 1 aliphatic rings. The van der Waals surface area contributed by atoms with Gasteiger partial charge >= 0.3 is 0 Å². The summed E-state index contributed by atoms with van der Waals surface area (Å²) in [5.74, 6) is 7.32. The second kappa shape index (κ2) is 7.55. The molecule has 0 aliphatic heterocycles. The predicted octanol–water partition coefficient (Wildman–Crippen LogP) is 2.20. The standard InChI is InChI=1S/C15H27N5/c1-12(2)10-20-15(17-11-18-20)9-14(19-16)8-13-6-4-3-5-7-13/h6,11-12,14,19H,3-5,7-10,16H2,1-2H3. The minimum Gasteiger partial charge on any atom is -0.271 e. The van der Waals surface area contributed by atoms with Gasteiger partial charge in [-0.25, -0.2) is 9.67 Å².